The summed E-state index contributed by atoms with van der Waals surface area (Å²) in [4.78, 5) is 0. The molecule has 0 aliphatic heterocycles. The van der Waals surface area contributed by atoms with Crippen molar-refractivity contribution in [3.05, 3.63) is 23.9 Å². The molecule has 1 N–H and O–H groups in total. The minimum Gasteiger partial charge on any atom is -0.508 e. The van der Waals surface area contributed by atoms with Gasteiger partial charge in [-0.2, -0.15) is 5.10 Å². The summed E-state index contributed by atoms with van der Waals surface area (Å²) in [7, 11) is 1.96. The number of hydrogen-bond acceptors (Lipinski definition) is 2. The van der Waals surface area contributed by atoms with Crippen LogP contribution in [0.1, 0.15) is 30.9 Å². The van der Waals surface area contributed by atoms with Crippen LogP contribution in [0.5, 0.6) is 5.75 Å². The summed E-state index contributed by atoms with van der Waals surface area (Å²) in [5.74, 6) is 0.937. The quantitative estimate of drug-likeness (QED) is 0.771. The fourth-order valence-corrected chi connectivity index (χ4v) is 2.26. The molecule has 1 saturated carbocycles. The number of aromatic nitrogens is 2. The molecule has 1 aromatic carbocycles. The van der Waals surface area contributed by atoms with Crippen LogP contribution in [0.2, 0.25) is 0 Å². The van der Waals surface area contributed by atoms with E-state index in [-0.39, 0.29) is 0 Å². The number of aryl methyl sites for hydroxylation is 1. The molecule has 0 atom stereocenters. The summed E-state index contributed by atoms with van der Waals surface area (Å²) in [6, 6.07) is 5.48. The molecule has 2 aromatic rings. The summed E-state index contributed by atoms with van der Waals surface area (Å²) < 4.78 is 1.91. The lowest BCUT2D eigenvalue weighted by Gasteiger charge is -2.23. The van der Waals surface area contributed by atoms with Gasteiger partial charge in [0.05, 0.1) is 11.2 Å². The molecule has 0 spiro atoms. The molecule has 3 heteroatoms. The van der Waals surface area contributed by atoms with Gasteiger partial charge in [-0.25, -0.2) is 0 Å². The zero-order valence-corrected chi connectivity index (χ0v) is 8.77. The van der Waals surface area contributed by atoms with Crippen LogP contribution in [0.4, 0.5) is 0 Å². The van der Waals surface area contributed by atoms with Crippen molar-refractivity contribution in [1.29, 1.82) is 0 Å². The molecule has 0 radical (unpaired) electrons. The highest BCUT2D eigenvalue weighted by Gasteiger charge is 2.24. The van der Waals surface area contributed by atoms with Gasteiger partial charge < -0.3 is 5.11 Å². The average molecular weight is 202 g/mol. The van der Waals surface area contributed by atoms with E-state index in [1.54, 1.807) is 6.07 Å². The highest BCUT2D eigenvalue weighted by atomic mass is 16.3. The molecule has 0 amide bonds. The minimum atomic E-state index is 0.330. The predicted octanol–water partition coefficient (Wildman–Crippen LogP) is 2.55. The van der Waals surface area contributed by atoms with Crippen molar-refractivity contribution in [2.75, 3.05) is 0 Å². The fraction of sp³-hybridized carbons (Fsp3) is 0.417. The average Bonchev–Trinajstić information content (AvgIpc) is 2.41. The van der Waals surface area contributed by atoms with Gasteiger partial charge >= 0.3 is 0 Å². The van der Waals surface area contributed by atoms with Gasteiger partial charge in [-0.15, -0.1) is 0 Å². The lowest BCUT2D eigenvalue weighted by molar-refractivity contribution is 0.410. The van der Waals surface area contributed by atoms with E-state index in [0.717, 1.165) is 16.6 Å². The molecule has 15 heavy (non-hydrogen) atoms. The van der Waals surface area contributed by atoms with E-state index in [4.69, 9.17) is 0 Å². The van der Waals surface area contributed by atoms with Crippen LogP contribution in [0.25, 0.3) is 10.9 Å². The number of phenolic OH excluding ortho intramolecular Hbond substituents is 1. The lowest BCUT2D eigenvalue weighted by atomic mass is 9.82. The van der Waals surface area contributed by atoms with Gasteiger partial charge in [0.1, 0.15) is 5.75 Å². The van der Waals surface area contributed by atoms with E-state index in [1.165, 1.54) is 19.3 Å². The minimum absolute atomic E-state index is 0.330. The molecule has 0 unspecified atom stereocenters. The smallest absolute Gasteiger partial charge is 0.116 e. The van der Waals surface area contributed by atoms with Crippen molar-refractivity contribution in [1.82, 2.24) is 9.78 Å². The molecule has 1 aliphatic carbocycles. The maximum absolute atomic E-state index is 9.50. The monoisotopic (exact) mass is 202 g/mol. The Morgan fingerprint density at radius 2 is 2.20 bits per heavy atom. The van der Waals surface area contributed by atoms with E-state index >= 15 is 0 Å². The van der Waals surface area contributed by atoms with Gasteiger partial charge in [0.15, 0.2) is 0 Å². The number of aromatic hydroxyl groups is 1. The SMILES string of the molecule is Cn1nc(C2CCC2)c2cc(O)ccc21. The Bertz CT molecular complexity index is 512. The number of benzene rings is 1. The summed E-state index contributed by atoms with van der Waals surface area (Å²) in [5.41, 5.74) is 2.27. The Labute approximate surface area is 88.3 Å². The molecule has 1 fully saturated rings. The van der Waals surface area contributed by atoms with Gasteiger partial charge in [0.2, 0.25) is 0 Å². The molecule has 0 saturated heterocycles. The first kappa shape index (κ1) is 8.77. The van der Waals surface area contributed by atoms with Crippen LogP contribution >= 0.6 is 0 Å². The van der Waals surface area contributed by atoms with E-state index in [1.807, 2.05) is 23.9 Å². The first-order valence-corrected chi connectivity index (χ1v) is 5.41. The Morgan fingerprint density at radius 1 is 1.40 bits per heavy atom. The standard InChI is InChI=1S/C12H14N2O/c1-14-11-6-5-9(15)7-10(11)12(13-14)8-3-2-4-8/h5-8,15H,2-4H2,1H3. The normalized spacial score (nSPS) is 16.9. The zero-order chi connectivity index (χ0) is 10.4. The largest absolute Gasteiger partial charge is 0.508 e. The van der Waals surface area contributed by atoms with Crippen LogP contribution in [0.15, 0.2) is 18.2 Å². The maximum atomic E-state index is 9.50. The Balaban J connectivity index is 2.24. The second-order valence-corrected chi connectivity index (χ2v) is 4.34. The third-order valence-corrected chi connectivity index (χ3v) is 3.35. The first-order chi connectivity index (χ1) is 7.25. The van der Waals surface area contributed by atoms with E-state index in [9.17, 15) is 5.11 Å². The van der Waals surface area contributed by atoms with E-state index in [2.05, 4.69) is 5.10 Å². The first-order valence-electron chi connectivity index (χ1n) is 5.41. The highest BCUT2D eigenvalue weighted by molar-refractivity contribution is 5.84. The van der Waals surface area contributed by atoms with E-state index < -0.39 is 0 Å². The molecule has 1 heterocycles. The van der Waals surface area contributed by atoms with Crippen LogP contribution in [0.3, 0.4) is 0 Å². The fourth-order valence-electron chi connectivity index (χ4n) is 2.26. The van der Waals surface area contributed by atoms with Crippen molar-refractivity contribution >= 4 is 10.9 Å². The lowest BCUT2D eigenvalue weighted by Crippen LogP contribution is -2.09. The van der Waals surface area contributed by atoms with Gasteiger partial charge in [-0.05, 0) is 31.0 Å². The second-order valence-electron chi connectivity index (χ2n) is 4.34. The second kappa shape index (κ2) is 2.99. The molecular formula is C12H14N2O. The highest BCUT2D eigenvalue weighted by Crippen LogP contribution is 2.39. The van der Waals surface area contributed by atoms with Crippen LogP contribution < -0.4 is 0 Å². The topological polar surface area (TPSA) is 38.0 Å². The number of nitrogens with zero attached hydrogens (tertiary/aromatic N) is 2. The summed E-state index contributed by atoms with van der Waals surface area (Å²) >= 11 is 0. The summed E-state index contributed by atoms with van der Waals surface area (Å²) in [6.07, 6.45) is 3.78. The van der Waals surface area contributed by atoms with Crippen LogP contribution in [-0.4, -0.2) is 14.9 Å². The Morgan fingerprint density at radius 3 is 2.87 bits per heavy atom. The van der Waals surface area contributed by atoms with Gasteiger partial charge in [-0.1, -0.05) is 6.42 Å². The number of hydrogen-bond donors (Lipinski definition) is 1. The zero-order valence-electron chi connectivity index (χ0n) is 8.77. The molecule has 0 bridgehead atoms. The summed E-state index contributed by atoms with van der Waals surface area (Å²) in [5, 5.41) is 15.2. The predicted molar refractivity (Wildman–Crippen MR) is 59.0 cm³/mol. The molecule has 3 rings (SSSR count). The molecule has 78 valence electrons. The molecular weight excluding hydrogens is 188 g/mol. The number of rotatable bonds is 1. The Kier molecular flexibility index (Phi) is 1.75. The van der Waals surface area contributed by atoms with Crippen LogP contribution in [-0.2, 0) is 7.05 Å². The van der Waals surface area contributed by atoms with Crippen molar-refractivity contribution in [3.8, 4) is 5.75 Å². The Hall–Kier alpha value is -1.51. The number of fused-ring (bicyclic) bond motifs is 1. The van der Waals surface area contributed by atoms with Crippen molar-refractivity contribution in [2.45, 2.75) is 25.2 Å². The van der Waals surface area contributed by atoms with Crippen molar-refractivity contribution in [3.63, 3.8) is 0 Å². The molecule has 1 aromatic heterocycles. The summed E-state index contributed by atoms with van der Waals surface area (Å²) in [6.45, 7) is 0. The molecule has 3 nitrogen and oxygen atoms in total. The third-order valence-electron chi connectivity index (χ3n) is 3.35. The third kappa shape index (κ3) is 1.23. The van der Waals surface area contributed by atoms with Gasteiger partial charge in [0, 0.05) is 18.4 Å². The van der Waals surface area contributed by atoms with Crippen LogP contribution in [0, 0.1) is 0 Å². The molecule has 1 aliphatic rings. The maximum Gasteiger partial charge on any atom is 0.116 e. The van der Waals surface area contributed by atoms with Crippen molar-refractivity contribution < 1.29 is 5.11 Å². The van der Waals surface area contributed by atoms with Crippen molar-refractivity contribution in [2.24, 2.45) is 7.05 Å². The van der Waals surface area contributed by atoms with Gasteiger partial charge in [0.25, 0.3) is 0 Å². The van der Waals surface area contributed by atoms with E-state index in [0.29, 0.717) is 11.7 Å². The number of phenols is 1. The van der Waals surface area contributed by atoms with Gasteiger partial charge in [-0.3, -0.25) is 4.68 Å².